The van der Waals surface area contributed by atoms with Crippen molar-refractivity contribution >= 4 is 28.5 Å². The van der Waals surface area contributed by atoms with Crippen LogP contribution in [0.25, 0.3) is 0 Å². The van der Waals surface area contributed by atoms with Gasteiger partial charge in [-0.3, -0.25) is 4.57 Å². The van der Waals surface area contributed by atoms with Gasteiger partial charge in [-0.1, -0.05) is 89.0 Å². The second-order valence-corrected chi connectivity index (χ2v) is 13.2. The van der Waals surface area contributed by atoms with Crippen LogP contribution >= 0.6 is 28.5 Å². The fourth-order valence-corrected chi connectivity index (χ4v) is 8.30. The fraction of sp³-hybridized carbons (Fsp3) is 1.00. The van der Waals surface area contributed by atoms with E-state index in [9.17, 15) is 9.46 Å². The van der Waals surface area contributed by atoms with Crippen molar-refractivity contribution in [1.29, 1.82) is 0 Å². The second kappa shape index (κ2) is 16.0. The first-order valence-corrected chi connectivity index (χ1v) is 13.4. The molecule has 2 unspecified atom stereocenters. The van der Waals surface area contributed by atoms with E-state index in [-0.39, 0.29) is 19.5 Å². The van der Waals surface area contributed by atoms with Gasteiger partial charge in [0.05, 0.1) is 0 Å². The monoisotopic (exact) mass is 418 g/mol. The Kier molecular flexibility index (Phi) is 18.7. The third-order valence-corrected chi connectivity index (χ3v) is 10.7. The van der Waals surface area contributed by atoms with Crippen molar-refractivity contribution in [1.82, 2.24) is 0 Å². The molecule has 0 aromatic carbocycles. The van der Waals surface area contributed by atoms with Gasteiger partial charge in [-0.25, -0.2) is 0 Å². The summed E-state index contributed by atoms with van der Waals surface area (Å²) in [5.74, 6) is -0.194. The van der Waals surface area contributed by atoms with E-state index in [0.717, 1.165) is 24.3 Å². The van der Waals surface area contributed by atoms with Crippen molar-refractivity contribution in [3.8, 4) is 0 Å². The molecule has 0 amide bonds. The molecule has 0 aliphatic heterocycles. The number of hydrogen-bond donors (Lipinski definition) is 1. The molecule has 0 radical (unpaired) electrons. The molecule has 0 saturated carbocycles. The number of unbranched alkanes of at least 4 members (excludes halogenated alkanes) is 2. The maximum Gasteiger partial charge on any atom is 0.310 e. The van der Waals surface area contributed by atoms with Crippen LogP contribution in [0.1, 0.15) is 79.1 Å². The van der Waals surface area contributed by atoms with Gasteiger partial charge in [-0.2, -0.15) is 0 Å². The van der Waals surface area contributed by atoms with Gasteiger partial charge in [0.15, 0.2) is 0 Å². The molecule has 0 bridgehead atoms. The third kappa shape index (κ3) is 13.9. The molecule has 0 aliphatic rings. The van der Waals surface area contributed by atoms with Crippen LogP contribution < -0.4 is 0 Å². The molecule has 0 spiro atoms. The van der Waals surface area contributed by atoms with E-state index in [1.807, 2.05) is 0 Å². The number of hydrogen-bond acceptors (Lipinski definition) is 3. The van der Waals surface area contributed by atoms with Gasteiger partial charge >= 0.3 is 5.77 Å². The van der Waals surface area contributed by atoms with Crippen LogP contribution in [0.4, 0.5) is 0 Å². The van der Waals surface area contributed by atoms with E-state index < -0.39 is 5.77 Å². The maximum absolute atomic E-state index is 12.3. The third-order valence-electron chi connectivity index (χ3n) is 4.03. The zero-order chi connectivity index (χ0) is 16.1. The molecule has 0 heterocycles. The molecular formula is C16H35O2PS2Zn. The Morgan fingerprint density at radius 3 is 1.50 bits per heavy atom. The molecule has 6 heteroatoms. The van der Waals surface area contributed by atoms with Crippen LogP contribution in [0.3, 0.4) is 0 Å². The molecule has 0 rings (SSSR count). The van der Waals surface area contributed by atoms with E-state index in [4.69, 9.17) is 0 Å². The Morgan fingerprint density at radius 2 is 1.23 bits per heavy atom. The van der Waals surface area contributed by atoms with E-state index >= 15 is 0 Å². The van der Waals surface area contributed by atoms with Gasteiger partial charge in [0, 0.05) is 31.0 Å². The molecule has 0 aromatic rings. The fourth-order valence-electron chi connectivity index (χ4n) is 2.23. The Bertz CT molecular complexity index is 269. The molecule has 0 aliphatic carbocycles. The minimum Gasteiger partial charge on any atom is -0.329 e. The van der Waals surface area contributed by atoms with Crippen LogP contribution in [0.5, 0.6) is 0 Å². The predicted octanol–water partition coefficient (Wildman–Crippen LogP) is 6.98. The average Bonchev–Trinajstić information content (AvgIpc) is 2.47. The smallest absolute Gasteiger partial charge is 0.310 e. The van der Waals surface area contributed by atoms with E-state index in [2.05, 4.69) is 27.7 Å². The van der Waals surface area contributed by atoms with Crippen LogP contribution in [-0.4, -0.2) is 16.4 Å². The van der Waals surface area contributed by atoms with Crippen LogP contribution in [0, 0.1) is 11.8 Å². The van der Waals surface area contributed by atoms with Gasteiger partial charge in [-0.15, -0.1) is 0 Å². The molecule has 0 aromatic heterocycles. The van der Waals surface area contributed by atoms with E-state index in [1.165, 1.54) is 61.3 Å². The van der Waals surface area contributed by atoms with Crippen LogP contribution in [0.2, 0.25) is 0 Å². The van der Waals surface area contributed by atoms with E-state index in [0.29, 0.717) is 11.8 Å². The Morgan fingerprint density at radius 1 is 0.864 bits per heavy atom. The minimum absolute atomic E-state index is 0. The van der Waals surface area contributed by atoms with Crippen LogP contribution in [0.15, 0.2) is 0 Å². The molecular weight excluding hydrogens is 385 g/mol. The van der Waals surface area contributed by atoms with Crippen molar-refractivity contribution in [3.63, 3.8) is 0 Å². The zero-order valence-corrected chi connectivity index (χ0v) is 20.5. The Balaban J connectivity index is 0. The summed E-state index contributed by atoms with van der Waals surface area (Å²) in [6, 6.07) is 0. The summed E-state index contributed by atoms with van der Waals surface area (Å²) >= 11 is 2.62. The van der Waals surface area contributed by atoms with Gasteiger partial charge in [0.25, 0.3) is 0 Å². The summed E-state index contributed by atoms with van der Waals surface area (Å²) in [5, 5.41) is 0. The van der Waals surface area contributed by atoms with Crippen molar-refractivity contribution in [2.45, 2.75) is 79.1 Å². The standard InChI is InChI=1S/C16H35O2PS2.Zn/c1-5-9-11-15(7-3)13-20-19(17,18)21-14-16(8-4)12-10-6-2;/h15-16H,5-14H2,1-4H3,(H,17,18);. The molecule has 2 nitrogen and oxygen atoms in total. The van der Waals surface area contributed by atoms with E-state index in [1.54, 1.807) is 0 Å². The summed E-state index contributed by atoms with van der Waals surface area (Å²) in [6.45, 7) is 8.78. The summed E-state index contributed by atoms with van der Waals surface area (Å²) in [5.41, 5.74) is 0. The summed E-state index contributed by atoms with van der Waals surface area (Å²) in [4.78, 5) is 10.1. The first-order chi connectivity index (χ1) is 9.99. The molecule has 22 heavy (non-hydrogen) atoms. The topological polar surface area (TPSA) is 37.3 Å². The Hall–Kier alpha value is 1.51. The quantitative estimate of drug-likeness (QED) is 0.243. The molecule has 0 fully saturated rings. The molecule has 1 N–H and O–H groups in total. The maximum atomic E-state index is 12.3. The van der Waals surface area contributed by atoms with Gasteiger partial charge in [-0.05, 0) is 24.7 Å². The predicted molar refractivity (Wildman–Crippen MR) is 101 cm³/mol. The first-order valence-electron chi connectivity index (χ1n) is 8.60. The minimum atomic E-state index is -3.06. The summed E-state index contributed by atoms with van der Waals surface area (Å²) < 4.78 is 12.3. The largest absolute Gasteiger partial charge is 0.329 e. The Labute approximate surface area is 159 Å². The van der Waals surface area contributed by atoms with Crippen LogP contribution in [-0.2, 0) is 24.0 Å². The second-order valence-electron chi connectivity index (χ2n) is 5.89. The normalized spacial score (nSPS) is 16.6. The number of rotatable bonds is 14. The van der Waals surface area contributed by atoms with Crippen molar-refractivity contribution in [2.75, 3.05) is 11.5 Å². The van der Waals surface area contributed by atoms with Crippen molar-refractivity contribution in [3.05, 3.63) is 0 Å². The van der Waals surface area contributed by atoms with Gasteiger partial charge in [0.1, 0.15) is 0 Å². The molecule has 2 atom stereocenters. The summed E-state index contributed by atoms with van der Waals surface area (Å²) in [6.07, 6.45) is 9.51. The average molecular weight is 420 g/mol. The molecule has 0 saturated heterocycles. The zero-order valence-electron chi connectivity index (χ0n) is 15.1. The SMILES string of the molecule is CCCCC(CC)CSP(=O)(O)SCC(CC)CCCC.[Zn]. The van der Waals surface area contributed by atoms with Gasteiger partial charge < -0.3 is 4.89 Å². The molecule has 130 valence electrons. The van der Waals surface area contributed by atoms with Gasteiger partial charge in [0.2, 0.25) is 0 Å². The van der Waals surface area contributed by atoms with Crippen molar-refractivity contribution in [2.24, 2.45) is 11.8 Å². The van der Waals surface area contributed by atoms with Crippen molar-refractivity contribution < 1.29 is 28.9 Å². The first kappa shape index (κ1) is 25.8. The summed E-state index contributed by atoms with van der Waals surface area (Å²) in [7, 11) is 0.